The summed E-state index contributed by atoms with van der Waals surface area (Å²) in [5.74, 6) is 0. The highest BCUT2D eigenvalue weighted by Crippen LogP contribution is 2.33. The van der Waals surface area contributed by atoms with E-state index >= 15 is 0 Å². The Hall–Kier alpha value is -1.35. The first kappa shape index (κ1) is 12.7. The zero-order valence-corrected chi connectivity index (χ0v) is 10.3. The van der Waals surface area contributed by atoms with Crippen LogP contribution >= 0.6 is 11.6 Å². The van der Waals surface area contributed by atoms with Crippen molar-refractivity contribution in [2.45, 2.75) is 24.6 Å². The highest BCUT2D eigenvalue weighted by atomic mass is 35.5. The van der Waals surface area contributed by atoms with Gasteiger partial charge in [0.15, 0.2) is 23.2 Å². The van der Waals surface area contributed by atoms with Gasteiger partial charge in [-0.3, -0.25) is 4.57 Å². The molecule has 0 aliphatic carbocycles. The summed E-state index contributed by atoms with van der Waals surface area (Å²) in [5, 5.41) is 18.8. The number of nitrogens with zero attached hydrogens (tertiary/aromatic N) is 4. The Kier molecular flexibility index (Phi) is 3.09. The molecule has 19 heavy (non-hydrogen) atoms. The summed E-state index contributed by atoms with van der Waals surface area (Å²) < 4.78 is 20.6. The molecule has 0 saturated carbocycles. The average molecular weight is 289 g/mol. The molecule has 102 valence electrons. The van der Waals surface area contributed by atoms with E-state index in [4.69, 9.17) is 21.4 Å². The van der Waals surface area contributed by atoms with Crippen LogP contribution in [0.3, 0.4) is 0 Å². The zero-order valence-electron chi connectivity index (χ0n) is 9.52. The van der Waals surface area contributed by atoms with Crippen LogP contribution in [0.1, 0.15) is 6.23 Å². The first-order chi connectivity index (χ1) is 9.13. The van der Waals surface area contributed by atoms with Gasteiger partial charge in [0.1, 0.15) is 24.1 Å². The molecule has 0 unspecified atom stereocenters. The van der Waals surface area contributed by atoms with Crippen molar-refractivity contribution in [3.8, 4) is 0 Å². The Morgan fingerprint density at radius 2 is 2.21 bits per heavy atom. The van der Waals surface area contributed by atoms with Crippen LogP contribution in [-0.2, 0) is 4.74 Å². The van der Waals surface area contributed by atoms with E-state index in [2.05, 4.69) is 15.0 Å². The second kappa shape index (κ2) is 4.64. The number of aromatic nitrogens is 4. The van der Waals surface area contributed by atoms with E-state index < -0.39 is 31.2 Å². The van der Waals surface area contributed by atoms with Crippen LogP contribution in [0.25, 0.3) is 11.2 Å². The third kappa shape index (κ3) is 1.88. The molecule has 0 spiro atoms. The SMILES string of the molecule is OC[C@H]1O[C@@H](n2cnc3c(Cl)ncnc32)[C@H](F)[C@@H]1O. The summed E-state index contributed by atoms with van der Waals surface area (Å²) in [6.07, 6.45) is -2.63. The number of imidazole rings is 1. The Balaban J connectivity index is 2.04. The lowest BCUT2D eigenvalue weighted by Crippen LogP contribution is -2.30. The maximum Gasteiger partial charge on any atom is 0.173 e. The van der Waals surface area contributed by atoms with Crippen LogP contribution < -0.4 is 0 Å². The molecule has 2 aromatic heterocycles. The summed E-state index contributed by atoms with van der Waals surface area (Å²) in [6.45, 7) is -0.472. The third-order valence-corrected chi connectivity index (χ3v) is 3.34. The average Bonchev–Trinajstić information content (AvgIpc) is 2.94. The van der Waals surface area contributed by atoms with Crippen molar-refractivity contribution in [1.29, 1.82) is 0 Å². The number of aliphatic hydroxyl groups is 2. The van der Waals surface area contributed by atoms with Crippen LogP contribution in [0.4, 0.5) is 4.39 Å². The maximum absolute atomic E-state index is 14.0. The lowest BCUT2D eigenvalue weighted by molar-refractivity contribution is -0.0459. The third-order valence-electron chi connectivity index (χ3n) is 3.06. The van der Waals surface area contributed by atoms with Crippen LogP contribution in [0.5, 0.6) is 0 Å². The fourth-order valence-electron chi connectivity index (χ4n) is 2.09. The van der Waals surface area contributed by atoms with Gasteiger partial charge >= 0.3 is 0 Å². The summed E-state index contributed by atoms with van der Waals surface area (Å²) in [5.41, 5.74) is 0.625. The van der Waals surface area contributed by atoms with Crippen molar-refractivity contribution in [2.75, 3.05) is 6.61 Å². The van der Waals surface area contributed by atoms with Crippen molar-refractivity contribution in [3.63, 3.8) is 0 Å². The maximum atomic E-state index is 14.0. The van der Waals surface area contributed by atoms with E-state index in [9.17, 15) is 9.50 Å². The normalized spacial score (nSPS) is 31.2. The molecule has 2 aromatic rings. The van der Waals surface area contributed by atoms with E-state index in [1.54, 1.807) is 0 Å². The van der Waals surface area contributed by atoms with Gasteiger partial charge in [0.05, 0.1) is 12.9 Å². The van der Waals surface area contributed by atoms with E-state index in [1.807, 2.05) is 0 Å². The van der Waals surface area contributed by atoms with E-state index in [1.165, 1.54) is 17.2 Å². The quantitative estimate of drug-likeness (QED) is 0.760. The van der Waals surface area contributed by atoms with Gasteiger partial charge in [-0.25, -0.2) is 19.3 Å². The van der Waals surface area contributed by atoms with Gasteiger partial charge in [-0.15, -0.1) is 0 Å². The van der Waals surface area contributed by atoms with Crippen molar-refractivity contribution in [1.82, 2.24) is 19.5 Å². The van der Waals surface area contributed by atoms with Gasteiger partial charge in [-0.05, 0) is 0 Å². The fourth-order valence-corrected chi connectivity index (χ4v) is 2.26. The highest BCUT2D eigenvalue weighted by Gasteiger charge is 2.45. The molecule has 2 N–H and O–H groups in total. The molecule has 1 aliphatic rings. The van der Waals surface area contributed by atoms with Crippen LogP contribution in [0.2, 0.25) is 5.15 Å². The second-order valence-corrected chi connectivity index (χ2v) is 4.53. The van der Waals surface area contributed by atoms with Gasteiger partial charge < -0.3 is 14.9 Å². The first-order valence-electron chi connectivity index (χ1n) is 5.55. The Bertz CT molecular complexity index is 609. The van der Waals surface area contributed by atoms with Crippen molar-refractivity contribution >= 4 is 22.8 Å². The van der Waals surface area contributed by atoms with E-state index in [0.717, 1.165) is 0 Å². The molecule has 4 atom stereocenters. The van der Waals surface area contributed by atoms with Gasteiger partial charge in [0, 0.05) is 0 Å². The van der Waals surface area contributed by atoms with Gasteiger partial charge in [-0.2, -0.15) is 0 Å². The minimum absolute atomic E-state index is 0.149. The van der Waals surface area contributed by atoms with Crippen LogP contribution in [0.15, 0.2) is 12.7 Å². The Morgan fingerprint density at radius 3 is 2.89 bits per heavy atom. The first-order valence-corrected chi connectivity index (χ1v) is 5.92. The minimum Gasteiger partial charge on any atom is -0.394 e. The van der Waals surface area contributed by atoms with Crippen LogP contribution in [0, 0.1) is 0 Å². The molecule has 3 rings (SSSR count). The fraction of sp³-hybridized carbons (Fsp3) is 0.500. The number of rotatable bonds is 2. The molecule has 1 fully saturated rings. The standard InChI is InChI=1S/C10H10ClFN4O3/c11-8-6-9(14-2-13-8)16(3-15-6)10-5(12)7(18)4(1-17)19-10/h2-5,7,10,17-18H,1H2/t4-,5-,7-,10-/m1/s1. The number of fused-ring (bicyclic) bond motifs is 1. The number of ether oxygens (including phenoxy) is 1. The summed E-state index contributed by atoms with van der Waals surface area (Å²) in [4.78, 5) is 11.7. The van der Waals surface area contributed by atoms with Crippen molar-refractivity contribution < 1.29 is 19.3 Å². The van der Waals surface area contributed by atoms with Crippen molar-refractivity contribution in [3.05, 3.63) is 17.8 Å². The van der Waals surface area contributed by atoms with Crippen LogP contribution in [-0.4, -0.2) is 54.7 Å². The summed E-state index contributed by atoms with van der Waals surface area (Å²) in [7, 11) is 0. The Labute approximate surface area is 111 Å². The molecule has 9 heteroatoms. The molecule has 0 radical (unpaired) electrons. The number of hydrogen-bond donors (Lipinski definition) is 2. The second-order valence-electron chi connectivity index (χ2n) is 4.17. The predicted octanol–water partition coefficient (Wildman–Crippen LogP) is 0.0684. The topological polar surface area (TPSA) is 93.3 Å². The number of hydrogen-bond acceptors (Lipinski definition) is 6. The van der Waals surface area contributed by atoms with Gasteiger partial charge in [0.2, 0.25) is 0 Å². The number of alkyl halides is 1. The summed E-state index contributed by atoms with van der Waals surface area (Å²) >= 11 is 5.85. The smallest absolute Gasteiger partial charge is 0.173 e. The molecule has 1 saturated heterocycles. The largest absolute Gasteiger partial charge is 0.394 e. The summed E-state index contributed by atoms with van der Waals surface area (Å²) in [6, 6.07) is 0. The number of aliphatic hydroxyl groups excluding tert-OH is 2. The molecule has 0 amide bonds. The zero-order chi connectivity index (χ0) is 13.6. The minimum atomic E-state index is -1.69. The molecule has 3 heterocycles. The molecule has 7 nitrogen and oxygen atoms in total. The molecule has 0 bridgehead atoms. The lowest BCUT2D eigenvalue weighted by Gasteiger charge is -2.14. The van der Waals surface area contributed by atoms with E-state index in [0.29, 0.717) is 11.2 Å². The monoisotopic (exact) mass is 288 g/mol. The molecule has 1 aliphatic heterocycles. The predicted molar refractivity (Wildman–Crippen MR) is 62.2 cm³/mol. The van der Waals surface area contributed by atoms with Crippen molar-refractivity contribution in [2.24, 2.45) is 0 Å². The highest BCUT2D eigenvalue weighted by molar-refractivity contribution is 6.33. The number of halogens is 2. The molecule has 0 aromatic carbocycles. The van der Waals surface area contributed by atoms with Gasteiger partial charge in [-0.1, -0.05) is 11.6 Å². The van der Waals surface area contributed by atoms with Gasteiger partial charge in [0.25, 0.3) is 0 Å². The molecular formula is C10H10ClFN4O3. The Morgan fingerprint density at radius 1 is 1.42 bits per heavy atom. The van der Waals surface area contributed by atoms with E-state index in [-0.39, 0.29) is 5.15 Å². The molecular weight excluding hydrogens is 279 g/mol. The lowest BCUT2D eigenvalue weighted by atomic mass is 10.1.